The van der Waals surface area contributed by atoms with E-state index in [0.717, 1.165) is 11.8 Å². The maximum atomic E-state index is 13.0. The second-order valence-corrected chi connectivity index (χ2v) is 9.14. The van der Waals surface area contributed by atoms with Crippen LogP contribution in [0.15, 0.2) is 35.2 Å². The normalized spacial score (nSPS) is 14.8. The molecule has 11 heteroatoms. The monoisotopic (exact) mass is 531 g/mol. The van der Waals surface area contributed by atoms with Crippen LogP contribution >= 0.6 is 58.8 Å². The van der Waals surface area contributed by atoms with Crippen molar-refractivity contribution in [1.29, 1.82) is 0 Å². The number of nitrogens with zero attached hydrogens (tertiary/aromatic N) is 1. The average Bonchev–Trinajstić information content (AvgIpc) is 3.00. The molecule has 0 atom stereocenters. The fourth-order valence-corrected chi connectivity index (χ4v) is 4.93. The molecule has 3 rings (SSSR count). The number of hydrogen-bond donors (Lipinski definition) is 0. The van der Waals surface area contributed by atoms with E-state index in [1.165, 1.54) is 12.0 Å². The van der Waals surface area contributed by atoms with Crippen LogP contribution in [0.2, 0.25) is 15.1 Å². The number of benzene rings is 2. The number of halogens is 3. The second-order valence-electron chi connectivity index (χ2n) is 6.24. The Labute approximate surface area is 209 Å². The third-order valence-electron chi connectivity index (χ3n) is 4.15. The van der Waals surface area contributed by atoms with Crippen LogP contribution in [-0.2, 0) is 14.3 Å². The molecule has 2 aromatic carbocycles. The highest BCUT2D eigenvalue weighted by atomic mass is 35.5. The van der Waals surface area contributed by atoms with Gasteiger partial charge < -0.3 is 14.2 Å². The second kappa shape index (κ2) is 10.8. The SMILES string of the molecule is CCOC(=O)COc1c(Cl)cc(/C=C2\SC(=S)N(c3ccc(OC)c(Cl)c3)C2=O)cc1Cl. The molecular weight excluding hydrogens is 517 g/mol. The summed E-state index contributed by atoms with van der Waals surface area (Å²) in [6, 6.07) is 8.11. The number of ether oxygens (including phenoxy) is 3. The van der Waals surface area contributed by atoms with Gasteiger partial charge in [0.05, 0.1) is 39.4 Å². The molecule has 0 saturated carbocycles. The van der Waals surface area contributed by atoms with Gasteiger partial charge in [0.2, 0.25) is 0 Å². The lowest BCUT2D eigenvalue weighted by molar-refractivity contribution is -0.145. The van der Waals surface area contributed by atoms with Crippen LogP contribution in [0.1, 0.15) is 12.5 Å². The number of hydrogen-bond acceptors (Lipinski definition) is 7. The van der Waals surface area contributed by atoms with Crippen molar-refractivity contribution < 1.29 is 23.8 Å². The Morgan fingerprint density at radius 2 is 1.84 bits per heavy atom. The summed E-state index contributed by atoms with van der Waals surface area (Å²) in [6.45, 7) is 1.61. The van der Waals surface area contributed by atoms with Crippen molar-refractivity contribution in [3.63, 3.8) is 0 Å². The van der Waals surface area contributed by atoms with Crippen LogP contribution in [0.4, 0.5) is 5.69 Å². The minimum absolute atomic E-state index is 0.152. The molecule has 2 aromatic rings. The van der Waals surface area contributed by atoms with Crippen LogP contribution in [0, 0.1) is 0 Å². The van der Waals surface area contributed by atoms with Crippen molar-refractivity contribution in [2.45, 2.75) is 6.92 Å². The molecule has 1 saturated heterocycles. The summed E-state index contributed by atoms with van der Waals surface area (Å²) in [7, 11) is 1.51. The fourth-order valence-electron chi connectivity index (χ4n) is 2.77. The van der Waals surface area contributed by atoms with E-state index < -0.39 is 5.97 Å². The quantitative estimate of drug-likeness (QED) is 0.246. The zero-order valence-corrected chi connectivity index (χ0v) is 20.7. The molecule has 0 unspecified atom stereocenters. The fraction of sp³-hybridized carbons (Fsp3) is 0.190. The molecule has 0 spiro atoms. The van der Waals surface area contributed by atoms with E-state index >= 15 is 0 Å². The topological polar surface area (TPSA) is 65.1 Å². The Balaban J connectivity index is 1.82. The highest BCUT2D eigenvalue weighted by Gasteiger charge is 2.33. The number of esters is 1. The molecule has 0 aromatic heterocycles. The number of thioether (sulfide) groups is 1. The third kappa shape index (κ3) is 5.50. The number of carbonyl (C=O) groups excluding carboxylic acids is 2. The van der Waals surface area contributed by atoms with Crippen LogP contribution in [0.25, 0.3) is 6.08 Å². The minimum Gasteiger partial charge on any atom is -0.495 e. The van der Waals surface area contributed by atoms with Gasteiger partial charge in [0.15, 0.2) is 16.7 Å². The molecule has 168 valence electrons. The van der Waals surface area contributed by atoms with E-state index in [9.17, 15) is 9.59 Å². The van der Waals surface area contributed by atoms with Crippen molar-refractivity contribution in [3.05, 3.63) is 55.9 Å². The van der Waals surface area contributed by atoms with E-state index in [2.05, 4.69) is 0 Å². The van der Waals surface area contributed by atoms with E-state index in [1.807, 2.05) is 0 Å². The van der Waals surface area contributed by atoms with Gasteiger partial charge in [0, 0.05) is 0 Å². The van der Waals surface area contributed by atoms with Gasteiger partial charge >= 0.3 is 5.97 Å². The molecule has 6 nitrogen and oxygen atoms in total. The molecular formula is C21H16Cl3NO5S2. The van der Waals surface area contributed by atoms with Gasteiger partial charge in [-0.3, -0.25) is 9.69 Å². The Kier molecular flexibility index (Phi) is 8.30. The van der Waals surface area contributed by atoms with Gasteiger partial charge in [-0.25, -0.2) is 4.79 Å². The van der Waals surface area contributed by atoms with Gasteiger partial charge in [-0.2, -0.15) is 0 Å². The molecule has 0 radical (unpaired) electrons. The van der Waals surface area contributed by atoms with Gasteiger partial charge in [-0.15, -0.1) is 0 Å². The number of carbonyl (C=O) groups is 2. The largest absolute Gasteiger partial charge is 0.495 e. The van der Waals surface area contributed by atoms with Crippen LogP contribution < -0.4 is 14.4 Å². The van der Waals surface area contributed by atoms with E-state index in [0.29, 0.717) is 31.2 Å². The molecule has 1 aliphatic rings. The first-order valence-corrected chi connectivity index (χ1v) is 11.5. The Morgan fingerprint density at radius 1 is 1.16 bits per heavy atom. The summed E-state index contributed by atoms with van der Waals surface area (Å²) in [5.41, 5.74) is 1.09. The molecule has 0 bridgehead atoms. The molecule has 0 N–H and O–H groups in total. The van der Waals surface area contributed by atoms with Gasteiger partial charge in [-0.05, 0) is 48.9 Å². The summed E-state index contributed by atoms with van der Waals surface area (Å²) in [5.74, 6) is -0.202. The number of anilines is 1. The lowest BCUT2D eigenvalue weighted by Gasteiger charge is -2.15. The Bertz CT molecular complexity index is 1100. The lowest BCUT2D eigenvalue weighted by Crippen LogP contribution is -2.27. The first-order valence-electron chi connectivity index (χ1n) is 9.14. The molecule has 1 heterocycles. The average molecular weight is 533 g/mol. The van der Waals surface area contributed by atoms with Crippen LogP contribution in [0.3, 0.4) is 0 Å². The van der Waals surface area contributed by atoms with E-state index in [1.54, 1.807) is 43.3 Å². The lowest BCUT2D eigenvalue weighted by atomic mass is 10.2. The highest BCUT2D eigenvalue weighted by Crippen LogP contribution is 2.40. The van der Waals surface area contributed by atoms with E-state index in [-0.39, 0.29) is 34.9 Å². The number of thiocarbonyl (C=S) groups is 1. The third-order valence-corrected chi connectivity index (χ3v) is 6.30. The zero-order chi connectivity index (χ0) is 23.4. The maximum Gasteiger partial charge on any atom is 0.344 e. The molecule has 1 aliphatic heterocycles. The number of methoxy groups -OCH3 is 1. The summed E-state index contributed by atoms with van der Waals surface area (Å²) in [4.78, 5) is 26.3. The van der Waals surface area contributed by atoms with Crippen molar-refractivity contribution in [1.82, 2.24) is 0 Å². The zero-order valence-electron chi connectivity index (χ0n) is 16.8. The van der Waals surface area contributed by atoms with E-state index in [4.69, 9.17) is 61.2 Å². The van der Waals surface area contributed by atoms with Crippen molar-refractivity contribution in [3.8, 4) is 11.5 Å². The highest BCUT2D eigenvalue weighted by molar-refractivity contribution is 8.27. The Hall–Kier alpha value is -1.97. The first kappa shape index (κ1) is 24.7. The number of rotatable bonds is 7. The standard InChI is InChI=1S/C21H16Cl3NO5S2/c1-3-29-18(26)10-30-19-14(23)6-11(7-15(19)24)8-17-20(27)25(21(31)32-17)12-4-5-16(28-2)13(22)9-12/h4-9H,3,10H2,1-2H3/b17-8-. The predicted octanol–water partition coefficient (Wildman–Crippen LogP) is 6.00. The van der Waals surface area contributed by atoms with Crippen molar-refractivity contribution in [2.75, 3.05) is 25.2 Å². The van der Waals surface area contributed by atoms with Crippen molar-refractivity contribution in [2.24, 2.45) is 0 Å². The molecule has 32 heavy (non-hydrogen) atoms. The first-order chi connectivity index (χ1) is 15.2. The van der Waals surface area contributed by atoms with Crippen LogP contribution in [0.5, 0.6) is 11.5 Å². The van der Waals surface area contributed by atoms with Gasteiger partial charge in [0.25, 0.3) is 5.91 Å². The number of amides is 1. The summed E-state index contributed by atoms with van der Waals surface area (Å²) >= 11 is 25.3. The molecule has 0 aliphatic carbocycles. The summed E-state index contributed by atoms with van der Waals surface area (Å²) in [5, 5.41) is 0.732. The summed E-state index contributed by atoms with van der Waals surface area (Å²) in [6.07, 6.45) is 1.62. The van der Waals surface area contributed by atoms with Gasteiger partial charge in [-0.1, -0.05) is 58.8 Å². The molecule has 1 amide bonds. The van der Waals surface area contributed by atoms with Crippen LogP contribution in [-0.4, -0.2) is 36.5 Å². The van der Waals surface area contributed by atoms with Gasteiger partial charge in [0.1, 0.15) is 5.75 Å². The van der Waals surface area contributed by atoms with Crippen molar-refractivity contribution >= 4 is 86.7 Å². The minimum atomic E-state index is -0.536. The molecule has 1 fully saturated rings. The summed E-state index contributed by atoms with van der Waals surface area (Å²) < 4.78 is 15.7. The maximum absolute atomic E-state index is 13.0. The predicted molar refractivity (Wildman–Crippen MR) is 132 cm³/mol. The smallest absolute Gasteiger partial charge is 0.344 e. The Morgan fingerprint density at radius 3 is 2.44 bits per heavy atom.